The van der Waals surface area contributed by atoms with Crippen LogP contribution in [0.4, 0.5) is 0 Å². The largest absolute Gasteiger partial charge is 0.462 e. The molecule has 6 aromatic carbocycles. The van der Waals surface area contributed by atoms with Crippen molar-refractivity contribution in [2.45, 2.75) is 33.9 Å². The fourth-order valence-electron chi connectivity index (χ4n) is 8.05. The summed E-state index contributed by atoms with van der Waals surface area (Å²) in [5.41, 5.74) is 16.0. The van der Waals surface area contributed by atoms with E-state index in [0.29, 0.717) is 6.61 Å². The molecule has 2 nitrogen and oxygen atoms in total. The average Bonchev–Trinajstić information content (AvgIpc) is 3.89. The SMILES string of the molecule is C=CC(=O)OCC(CSc1cccc2c1-c1ccccc1C2)(CSc1cccc2c1-c1ccccc1C2)CSc1cccc2c1-c1ccccc1C2. The van der Waals surface area contributed by atoms with Gasteiger partial charge in [0.2, 0.25) is 0 Å². The van der Waals surface area contributed by atoms with E-state index < -0.39 is 0 Å². The van der Waals surface area contributed by atoms with E-state index in [2.05, 4.69) is 134 Å². The molecule has 5 heteroatoms. The summed E-state index contributed by atoms with van der Waals surface area (Å²) >= 11 is 5.73. The predicted molar refractivity (Wildman–Crippen MR) is 220 cm³/mol. The van der Waals surface area contributed by atoms with Gasteiger partial charge >= 0.3 is 5.97 Å². The molecule has 9 rings (SSSR count). The van der Waals surface area contributed by atoms with Crippen molar-refractivity contribution in [2.75, 3.05) is 23.9 Å². The lowest BCUT2D eigenvalue weighted by Gasteiger charge is -2.33. The Morgan fingerprint density at radius 1 is 0.519 bits per heavy atom. The standard InChI is InChI=1S/C47H38O2S3/c1-2-43(48)49-27-47(28-50-40-21-9-15-34-24-31-12-3-6-18-37(31)44(34)40,29-51-41-22-10-16-35-25-32-13-4-7-19-38(32)45(35)41)30-52-42-23-11-17-36-26-33-14-5-8-20-39(33)46(36)42/h2-23H,1,24-30H2. The third kappa shape index (κ3) is 6.23. The smallest absolute Gasteiger partial charge is 0.330 e. The molecular weight excluding hydrogens is 693 g/mol. The zero-order valence-electron chi connectivity index (χ0n) is 28.9. The van der Waals surface area contributed by atoms with E-state index >= 15 is 0 Å². The van der Waals surface area contributed by atoms with E-state index in [-0.39, 0.29) is 11.4 Å². The highest BCUT2D eigenvalue weighted by atomic mass is 32.2. The van der Waals surface area contributed by atoms with Crippen molar-refractivity contribution in [2.24, 2.45) is 5.41 Å². The van der Waals surface area contributed by atoms with Gasteiger partial charge in [-0.1, -0.05) is 116 Å². The number of hydrogen-bond donors (Lipinski definition) is 0. The lowest BCUT2D eigenvalue weighted by atomic mass is 9.97. The maximum Gasteiger partial charge on any atom is 0.330 e. The van der Waals surface area contributed by atoms with Crippen LogP contribution in [-0.2, 0) is 28.8 Å². The van der Waals surface area contributed by atoms with E-state index in [1.807, 2.05) is 35.3 Å². The fraction of sp³-hybridized carbons (Fsp3) is 0.170. The quantitative estimate of drug-likeness (QED) is 0.0708. The molecule has 0 unspecified atom stereocenters. The van der Waals surface area contributed by atoms with Crippen LogP contribution in [0.15, 0.2) is 155 Å². The van der Waals surface area contributed by atoms with Gasteiger partial charge in [-0.15, -0.1) is 35.3 Å². The summed E-state index contributed by atoms with van der Waals surface area (Å²) in [7, 11) is 0. The van der Waals surface area contributed by atoms with E-state index in [1.54, 1.807) is 0 Å². The van der Waals surface area contributed by atoms with Crippen LogP contribution in [0.2, 0.25) is 0 Å². The molecule has 3 aliphatic carbocycles. The Hall–Kier alpha value is -4.42. The molecule has 0 aromatic heterocycles. The maximum absolute atomic E-state index is 12.8. The van der Waals surface area contributed by atoms with Crippen molar-refractivity contribution in [3.63, 3.8) is 0 Å². The van der Waals surface area contributed by atoms with Crippen molar-refractivity contribution in [1.29, 1.82) is 0 Å². The molecule has 0 heterocycles. The lowest BCUT2D eigenvalue weighted by molar-refractivity contribution is -0.140. The molecular formula is C47H38O2S3. The normalized spacial score (nSPS) is 13.1. The molecule has 0 radical (unpaired) electrons. The molecule has 6 aromatic rings. The van der Waals surface area contributed by atoms with Gasteiger partial charge in [0.1, 0.15) is 0 Å². The Labute approximate surface area is 319 Å². The molecule has 0 amide bonds. The Bertz CT molecular complexity index is 2120. The Morgan fingerprint density at radius 3 is 1.23 bits per heavy atom. The van der Waals surface area contributed by atoms with Gasteiger partial charge in [0.05, 0.1) is 6.61 Å². The van der Waals surface area contributed by atoms with Gasteiger partial charge in [-0.25, -0.2) is 4.79 Å². The van der Waals surface area contributed by atoms with Crippen LogP contribution < -0.4 is 0 Å². The second-order valence-corrected chi connectivity index (χ2v) is 17.1. The summed E-state index contributed by atoms with van der Waals surface area (Å²) < 4.78 is 6.07. The second kappa shape index (κ2) is 14.2. The molecule has 3 aliphatic rings. The van der Waals surface area contributed by atoms with Crippen molar-refractivity contribution in [3.05, 3.63) is 173 Å². The summed E-state index contributed by atoms with van der Waals surface area (Å²) in [6.07, 6.45) is 4.19. The molecule has 0 spiro atoms. The van der Waals surface area contributed by atoms with Crippen molar-refractivity contribution in [3.8, 4) is 33.4 Å². The van der Waals surface area contributed by atoms with Gasteiger partial charge in [-0.05, 0) is 104 Å². The van der Waals surface area contributed by atoms with Crippen molar-refractivity contribution < 1.29 is 9.53 Å². The summed E-state index contributed by atoms with van der Waals surface area (Å²) in [6.45, 7) is 4.05. The minimum Gasteiger partial charge on any atom is -0.462 e. The number of esters is 1. The Balaban J connectivity index is 1.09. The number of rotatable bonds is 12. The first-order chi connectivity index (χ1) is 25.6. The molecule has 52 heavy (non-hydrogen) atoms. The van der Waals surface area contributed by atoms with Gasteiger partial charge in [-0.2, -0.15) is 0 Å². The molecule has 0 aliphatic heterocycles. The number of ether oxygens (including phenoxy) is 1. The third-order valence-electron chi connectivity index (χ3n) is 10.6. The molecule has 0 saturated carbocycles. The molecule has 0 bridgehead atoms. The highest BCUT2D eigenvalue weighted by molar-refractivity contribution is 8.01. The van der Waals surface area contributed by atoms with Gasteiger partial charge in [-0.3, -0.25) is 0 Å². The van der Waals surface area contributed by atoms with Gasteiger partial charge in [0.25, 0.3) is 0 Å². The van der Waals surface area contributed by atoms with E-state index in [4.69, 9.17) is 4.74 Å². The van der Waals surface area contributed by atoms with Crippen LogP contribution in [0.5, 0.6) is 0 Å². The van der Waals surface area contributed by atoms with Crippen LogP contribution in [-0.4, -0.2) is 29.8 Å². The molecule has 0 saturated heterocycles. The number of fused-ring (bicyclic) bond motifs is 9. The maximum atomic E-state index is 12.8. The van der Waals surface area contributed by atoms with E-state index in [1.165, 1.54) is 87.5 Å². The summed E-state index contributed by atoms with van der Waals surface area (Å²) in [5, 5.41) is 0. The van der Waals surface area contributed by atoms with Gasteiger partial charge < -0.3 is 4.74 Å². The van der Waals surface area contributed by atoms with Crippen LogP contribution in [0.3, 0.4) is 0 Å². The Morgan fingerprint density at radius 2 is 0.865 bits per heavy atom. The fourth-order valence-corrected chi connectivity index (χ4v) is 12.4. The second-order valence-electron chi connectivity index (χ2n) is 14.1. The first-order valence-electron chi connectivity index (χ1n) is 17.9. The molecule has 0 fully saturated rings. The number of carbonyl (C=O) groups is 1. The Kier molecular flexibility index (Phi) is 9.12. The van der Waals surface area contributed by atoms with Crippen molar-refractivity contribution in [1.82, 2.24) is 0 Å². The summed E-state index contributed by atoms with van der Waals surface area (Å²) in [5.74, 6) is 2.02. The van der Waals surface area contributed by atoms with Crippen LogP contribution in [0.1, 0.15) is 33.4 Å². The van der Waals surface area contributed by atoms with Crippen LogP contribution >= 0.6 is 35.3 Å². The van der Waals surface area contributed by atoms with Crippen LogP contribution in [0, 0.1) is 5.41 Å². The van der Waals surface area contributed by atoms with Gasteiger partial charge in [0.15, 0.2) is 0 Å². The minimum absolute atomic E-state index is 0.313. The molecule has 256 valence electrons. The first-order valence-corrected chi connectivity index (χ1v) is 20.8. The van der Waals surface area contributed by atoms with Crippen molar-refractivity contribution >= 4 is 41.3 Å². The number of carbonyl (C=O) groups excluding carboxylic acids is 1. The number of thioether (sulfide) groups is 3. The monoisotopic (exact) mass is 730 g/mol. The number of hydrogen-bond acceptors (Lipinski definition) is 5. The molecule has 0 atom stereocenters. The van der Waals surface area contributed by atoms with E-state index in [0.717, 1.165) is 36.5 Å². The summed E-state index contributed by atoms with van der Waals surface area (Å²) in [6, 6.07) is 46.6. The topological polar surface area (TPSA) is 26.3 Å². The van der Waals surface area contributed by atoms with Gasteiger partial charge in [0, 0.05) is 43.4 Å². The average molecular weight is 731 g/mol. The number of benzene rings is 6. The minimum atomic E-state index is -0.372. The first kappa shape index (κ1) is 33.4. The highest BCUT2D eigenvalue weighted by Crippen LogP contribution is 2.49. The zero-order chi connectivity index (χ0) is 35.1. The lowest BCUT2D eigenvalue weighted by Crippen LogP contribution is -2.36. The highest BCUT2D eigenvalue weighted by Gasteiger charge is 2.35. The van der Waals surface area contributed by atoms with Crippen LogP contribution in [0.25, 0.3) is 33.4 Å². The summed E-state index contributed by atoms with van der Waals surface area (Å²) in [4.78, 5) is 16.7. The van der Waals surface area contributed by atoms with E-state index in [9.17, 15) is 4.79 Å². The zero-order valence-corrected chi connectivity index (χ0v) is 31.3. The third-order valence-corrected chi connectivity index (χ3v) is 14.9. The predicted octanol–water partition coefficient (Wildman–Crippen LogP) is 11.8. The molecule has 0 N–H and O–H groups in total.